The summed E-state index contributed by atoms with van der Waals surface area (Å²) in [4.78, 5) is -0.162. The molecule has 0 radical (unpaired) electrons. The molecule has 0 amide bonds. The summed E-state index contributed by atoms with van der Waals surface area (Å²) in [7, 11) is -4.38. The van der Waals surface area contributed by atoms with Crippen LogP contribution in [0.25, 0.3) is 10.8 Å². The van der Waals surface area contributed by atoms with Gasteiger partial charge in [0.1, 0.15) is 10.1 Å². The fourth-order valence-corrected chi connectivity index (χ4v) is 2.65. The van der Waals surface area contributed by atoms with Gasteiger partial charge in [-0.15, -0.1) is 0 Å². The average molecular weight is 286 g/mol. The molecule has 0 aliphatic rings. The van der Waals surface area contributed by atoms with Gasteiger partial charge in [-0.25, -0.2) is 8.42 Å². The van der Waals surface area contributed by atoms with Gasteiger partial charge in [0.15, 0.2) is 0 Å². The molecule has 0 saturated heterocycles. The van der Waals surface area contributed by atoms with Gasteiger partial charge in [0.2, 0.25) is 0 Å². The van der Waals surface area contributed by atoms with E-state index in [-0.39, 0.29) is 34.5 Å². The van der Waals surface area contributed by atoms with Crippen LogP contribution in [0.15, 0.2) is 35.2 Å². The number of aryl methyl sites for hydroxylation is 2. The summed E-state index contributed by atoms with van der Waals surface area (Å²) >= 11 is 0. The maximum Gasteiger partial charge on any atom is 1.00 e. The van der Waals surface area contributed by atoms with E-state index in [9.17, 15) is 13.0 Å². The average Bonchev–Trinajstić information content (AvgIpc) is 2.35. The Morgan fingerprint density at radius 3 is 2.26 bits per heavy atom. The topological polar surface area (TPSA) is 57.2 Å². The number of hydrogen-bond donors (Lipinski definition) is 0. The molecule has 5 heteroatoms. The van der Waals surface area contributed by atoms with Crippen molar-refractivity contribution in [1.29, 1.82) is 0 Å². The molecule has 0 atom stereocenters. The van der Waals surface area contributed by atoms with E-state index in [1.54, 1.807) is 6.07 Å². The number of rotatable bonds is 3. The van der Waals surface area contributed by atoms with Crippen LogP contribution in [0, 0.1) is 0 Å². The number of hydrogen-bond acceptors (Lipinski definition) is 3. The zero-order valence-electron chi connectivity index (χ0n) is 11.4. The summed E-state index contributed by atoms with van der Waals surface area (Å²) in [6.07, 6.45) is 1.77. The van der Waals surface area contributed by atoms with Crippen molar-refractivity contribution in [2.75, 3.05) is 0 Å². The Bertz CT molecular complexity index is 693. The molecule has 2 aromatic rings. The second-order valence-corrected chi connectivity index (χ2v) is 5.68. The third kappa shape index (κ3) is 3.58. The minimum atomic E-state index is -4.38. The predicted octanol–water partition coefficient (Wildman–Crippen LogP) is -0.127. The van der Waals surface area contributed by atoms with E-state index in [1.165, 1.54) is 17.7 Å². The molecule has 0 aromatic heterocycles. The Kier molecular flexibility index (Phi) is 5.59. The van der Waals surface area contributed by atoms with Crippen molar-refractivity contribution in [3.8, 4) is 0 Å². The molecule has 96 valence electrons. The maximum absolute atomic E-state index is 11.0. The van der Waals surface area contributed by atoms with Gasteiger partial charge in [-0.2, -0.15) is 0 Å². The fourth-order valence-electron chi connectivity index (χ4n) is 2.15. The largest absolute Gasteiger partial charge is 1.00 e. The van der Waals surface area contributed by atoms with Crippen molar-refractivity contribution in [3.63, 3.8) is 0 Å². The SMILES string of the molecule is CCc1cc(CC)c2ccc(S(=O)(=O)[O-])cc2c1.[Na+]. The minimum Gasteiger partial charge on any atom is -0.744 e. The quantitative estimate of drug-likeness (QED) is 0.583. The molecule has 0 heterocycles. The van der Waals surface area contributed by atoms with Gasteiger partial charge in [0, 0.05) is 0 Å². The van der Waals surface area contributed by atoms with E-state index < -0.39 is 10.1 Å². The van der Waals surface area contributed by atoms with Crippen molar-refractivity contribution in [2.24, 2.45) is 0 Å². The molecule has 0 bridgehead atoms. The van der Waals surface area contributed by atoms with Crippen LogP contribution in [-0.4, -0.2) is 13.0 Å². The third-order valence-electron chi connectivity index (χ3n) is 3.15. The van der Waals surface area contributed by atoms with Gasteiger partial charge < -0.3 is 4.55 Å². The van der Waals surface area contributed by atoms with Gasteiger partial charge >= 0.3 is 29.6 Å². The summed E-state index contributed by atoms with van der Waals surface area (Å²) in [5.41, 5.74) is 2.33. The molecule has 0 aliphatic heterocycles. The minimum absolute atomic E-state index is 0. The molecular weight excluding hydrogens is 271 g/mol. The zero-order valence-corrected chi connectivity index (χ0v) is 14.3. The monoisotopic (exact) mass is 286 g/mol. The first-order valence-corrected chi connectivity index (χ1v) is 7.38. The van der Waals surface area contributed by atoms with Gasteiger partial charge in [-0.3, -0.25) is 0 Å². The second kappa shape index (κ2) is 6.37. The summed E-state index contributed by atoms with van der Waals surface area (Å²) in [5.74, 6) is 0. The fraction of sp³-hybridized carbons (Fsp3) is 0.286. The molecule has 0 saturated carbocycles. The standard InChI is InChI=1S/C14H16O3S.Na/c1-3-10-7-11(4-2)14-6-5-13(18(15,16)17)9-12(14)8-10;/h5-9H,3-4H2,1-2H3,(H,15,16,17);/q;+1/p-1. The van der Waals surface area contributed by atoms with E-state index in [0.29, 0.717) is 0 Å². The van der Waals surface area contributed by atoms with Crippen LogP contribution in [0.5, 0.6) is 0 Å². The summed E-state index contributed by atoms with van der Waals surface area (Å²) in [6, 6.07) is 8.65. The van der Waals surface area contributed by atoms with Crippen molar-refractivity contribution in [2.45, 2.75) is 31.6 Å². The Balaban J connectivity index is 0.00000180. The Morgan fingerprint density at radius 2 is 1.74 bits per heavy atom. The van der Waals surface area contributed by atoms with Gasteiger partial charge in [0.25, 0.3) is 0 Å². The smallest absolute Gasteiger partial charge is 0.744 e. The van der Waals surface area contributed by atoms with Crippen molar-refractivity contribution in [3.05, 3.63) is 41.5 Å². The first-order chi connectivity index (χ1) is 8.45. The van der Waals surface area contributed by atoms with Crippen LogP contribution in [-0.2, 0) is 23.0 Å². The second-order valence-electron chi connectivity index (χ2n) is 4.30. The van der Waals surface area contributed by atoms with E-state index >= 15 is 0 Å². The van der Waals surface area contributed by atoms with E-state index in [4.69, 9.17) is 0 Å². The molecule has 2 aromatic carbocycles. The van der Waals surface area contributed by atoms with Gasteiger partial charge in [-0.05, 0) is 46.9 Å². The van der Waals surface area contributed by atoms with Crippen molar-refractivity contribution in [1.82, 2.24) is 0 Å². The zero-order chi connectivity index (χ0) is 13.3. The van der Waals surface area contributed by atoms with Crippen LogP contribution in [0.1, 0.15) is 25.0 Å². The molecule has 3 nitrogen and oxygen atoms in total. The number of fused-ring (bicyclic) bond motifs is 1. The van der Waals surface area contributed by atoms with Crippen LogP contribution in [0.2, 0.25) is 0 Å². The molecule has 0 spiro atoms. The molecule has 2 rings (SSSR count). The first-order valence-electron chi connectivity index (χ1n) is 5.97. The molecule has 0 fully saturated rings. The Labute approximate surface area is 136 Å². The van der Waals surface area contributed by atoms with E-state index in [2.05, 4.69) is 19.9 Å². The Hall–Kier alpha value is -0.390. The van der Waals surface area contributed by atoms with E-state index in [1.807, 2.05) is 6.07 Å². The van der Waals surface area contributed by atoms with Crippen molar-refractivity contribution >= 4 is 20.9 Å². The van der Waals surface area contributed by atoms with Crippen LogP contribution in [0.4, 0.5) is 0 Å². The molecule has 0 aliphatic carbocycles. The van der Waals surface area contributed by atoms with Gasteiger partial charge in [0.05, 0.1) is 4.90 Å². The summed E-state index contributed by atoms with van der Waals surface area (Å²) in [6.45, 7) is 4.11. The van der Waals surface area contributed by atoms with E-state index in [0.717, 1.165) is 29.2 Å². The normalized spacial score (nSPS) is 11.3. The van der Waals surface area contributed by atoms with Gasteiger partial charge in [-0.1, -0.05) is 32.0 Å². The summed E-state index contributed by atoms with van der Waals surface area (Å²) in [5, 5.41) is 1.84. The molecule has 19 heavy (non-hydrogen) atoms. The van der Waals surface area contributed by atoms with Crippen molar-refractivity contribution < 1.29 is 42.5 Å². The van der Waals surface area contributed by atoms with Crippen LogP contribution in [0.3, 0.4) is 0 Å². The molecule has 0 unspecified atom stereocenters. The first kappa shape index (κ1) is 16.7. The van der Waals surface area contributed by atoms with Crippen LogP contribution >= 0.6 is 0 Å². The summed E-state index contributed by atoms with van der Waals surface area (Å²) < 4.78 is 33.1. The molecular formula is C14H15NaO3S. The third-order valence-corrected chi connectivity index (χ3v) is 3.98. The van der Waals surface area contributed by atoms with Crippen LogP contribution < -0.4 is 29.6 Å². The maximum atomic E-state index is 11.0. The predicted molar refractivity (Wildman–Crippen MR) is 70.7 cm³/mol. The Morgan fingerprint density at radius 1 is 1.05 bits per heavy atom. The molecule has 0 N–H and O–H groups in total. The number of benzene rings is 2.